The molecule has 0 radical (unpaired) electrons. The number of benzene rings is 3. The second-order valence-corrected chi connectivity index (χ2v) is 9.72. The zero-order valence-electron chi connectivity index (χ0n) is 19.2. The van der Waals surface area contributed by atoms with Crippen LogP contribution in [0.4, 0.5) is 5.69 Å². The minimum atomic E-state index is 0.0361. The first-order valence-corrected chi connectivity index (χ1v) is 12.2. The number of rotatable bonds is 7. The fraction of sp³-hybridized carbons (Fsp3) is 0.296. The van der Waals surface area contributed by atoms with Gasteiger partial charge in [0, 0.05) is 35.7 Å². The number of hydrogen-bond donors (Lipinski definition) is 2. The fourth-order valence-electron chi connectivity index (χ4n) is 4.26. The summed E-state index contributed by atoms with van der Waals surface area (Å²) in [5.74, 6) is 2.03. The summed E-state index contributed by atoms with van der Waals surface area (Å²) in [5, 5.41) is 4.13. The first-order valence-electron chi connectivity index (χ1n) is 11.4. The Hall–Kier alpha value is -2.73. The van der Waals surface area contributed by atoms with E-state index < -0.39 is 0 Å². The number of ether oxygens (including phenoxy) is 1. The number of carbonyl (C=O) groups excluding carboxylic acids is 1. The summed E-state index contributed by atoms with van der Waals surface area (Å²) in [6.07, 6.45) is 2.14. The molecule has 0 atom stereocenters. The van der Waals surface area contributed by atoms with E-state index in [1.54, 1.807) is 13.0 Å². The molecule has 1 aliphatic heterocycles. The minimum absolute atomic E-state index is 0.0361. The summed E-state index contributed by atoms with van der Waals surface area (Å²) in [7, 11) is 0. The van der Waals surface area contributed by atoms with Crippen LogP contribution in [0.2, 0.25) is 10.0 Å². The van der Waals surface area contributed by atoms with E-state index in [-0.39, 0.29) is 5.91 Å². The Balaban J connectivity index is 1.54. The smallest absolute Gasteiger partial charge is 0.216 e. The molecule has 34 heavy (non-hydrogen) atoms. The van der Waals surface area contributed by atoms with Crippen molar-refractivity contribution in [1.29, 1.82) is 0 Å². The van der Waals surface area contributed by atoms with Crippen LogP contribution in [0.15, 0.2) is 60.7 Å². The molecule has 3 aromatic carbocycles. The molecule has 1 saturated heterocycles. The van der Waals surface area contributed by atoms with E-state index in [9.17, 15) is 4.79 Å². The van der Waals surface area contributed by atoms with Crippen molar-refractivity contribution in [2.24, 2.45) is 5.92 Å². The van der Waals surface area contributed by atoms with Gasteiger partial charge in [0.05, 0.1) is 0 Å². The van der Waals surface area contributed by atoms with Crippen LogP contribution in [0.1, 0.15) is 25.3 Å². The van der Waals surface area contributed by atoms with Crippen LogP contribution < -0.4 is 15.8 Å². The van der Waals surface area contributed by atoms with Crippen LogP contribution in [-0.2, 0) is 11.3 Å². The van der Waals surface area contributed by atoms with E-state index in [4.69, 9.17) is 33.7 Å². The molecule has 1 amide bonds. The van der Waals surface area contributed by atoms with E-state index >= 15 is 0 Å². The largest absolute Gasteiger partial charge is 0.457 e. The van der Waals surface area contributed by atoms with Gasteiger partial charge in [-0.1, -0.05) is 23.2 Å². The molecule has 5 nitrogen and oxygen atoms in total. The molecule has 4 rings (SSSR count). The predicted molar refractivity (Wildman–Crippen MR) is 140 cm³/mol. The number of likely N-dealkylation sites (tertiary alicyclic amines) is 1. The highest BCUT2D eigenvalue weighted by atomic mass is 35.5. The third-order valence-corrected chi connectivity index (χ3v) is 6.47. The van der Waals surface area contributed by atoms with Gasteiger partial charge in [-0.25, -0.2) is 0 Å². The second kappa shape index (κ2) is 11.1. The average Bonchev–Trinajstić information content (AvgIpc) is 2.79. The maximum Gasteiger partial charge on any atom is 0.216 e. The van der Waals surface area contributed by atoms with Crippen molar-refractivity contribution in [1.82, 2.24) is 10.2 Å². The minimum Gasteiger partial charge on any atom is -0.457 e. The zero-order chi connectivity index (χ0) is 24.1. The zero-order valence-corrected chi connectivity index (χ0v) is 20.7. The molecular formula is C27H29Cl2N3O2. The number of nitrogens with two attached hydrogens (primary N) is 1. The first kappa shape index (κ1) is 24.4. The van der Waals surface area contributed by atoms with Crippen molar-refractivity contribution in [3.8, 4) is 22.6 Å². The normalized spacial score (nSPS) is 14.7. The highest BCUT2D eigenvalue weighted by molar-refractivity contribution is 6.35. The summed E-state index contributed by atoms with van der Waals surface area (Å²) >= 11 is 12.6. The van der Waals surface area contributed by atoms with Crippen molar-refractivity contribution >= 4 is 34.8 Å². The highest BCUT2D eigenvalue weighted by Crippen LogP contribution is 2.33. The van der Waals surface area contributed by atoms with Gasteiger partial charge in [0.15, 0.2) is 0 Å². The molecule has 0 aliphatic carbocycles. The second-order valence-electron chi connectivity index (χ2n) is 8.85. The topological polar surface area (TPSA) is 67.6 Å². The van der Waals surface area contributed by atoms with Gasteiger partial charge in [0.25, 0.3) is 0 Å². The van der Waals surface area contributed by atoms with Gasteiger partial charge in [-0.05, 0) is 109 Å². The van der Waals surface area contributed by atoms with Gasteiger partial charge in [-0.15, -0.1) is 0 Å². The number of nitrogens with one attached hydrogen (secondary N) is 1. The van der Waals surface area contributed by atoms with E-state index in [0.29, 0.717) is 21.7 Å². The molecule has 0 saturated carbocycles. The number of hydrogen-bond acceptors (Lipinski definition) is 4. The van der Waals surface area contributed by atoms with Gasteiger partial charge in [0.1, 0.15) is 11.5 Å². The summed E-state index contributed by atoms with van der Waals surface area (Å²) in [6, 6.07) is 19.2. The number of halogens is 2. The van der Waals surface area contributed by atoms with E-state index in [0.717, 1.165) is 67.2 Å². The summed E-state index contributed by atoms with van der Waals surface area (Å²) in [6.45, 7) is 5.12. The van der Waals surface area contributed by atoms with Crippen molar-refractivity contribution in [3.05, 3.63) is 76.3 Å². The molecule has 3 aromatic rings. The molecule has 0 spiro atoms. The van der Waals surface area contributed by atoms with E-state index in [1.165, 1.54) is 0 Å². The van der Waals surface area contributed by atoms with E-state index in [1.807, 2.05) is 42.5 Å². The monoisotopic (exact) mass is 497 g/mol. The van der Waals surface area contributed by atoms with Gasteiger partial charge in [0.2, 0.25) is 5.91 Å². The lowest BCUT2D eigenvalue weighted by atomic mass is 9.96. The molecule has 178 valence electrons. The van der Waals surface area contributed by atoms with Crippen LogP contribution >= 0.6 is 23.2 Å². The van der Waals surface area contributed by atoms with Crippen LogP contribution in [0.3, 0.4) is 0 Å². The Morgan fingerprint density at radius 2 is 1.62 bits per heavy atom. The van der Waals surface area contributed by atoms with Crippen molar-refractivity contribution in [2.45, 2.75) is 26.3 Å². The Kier molecular flexibility index (Phi) is 7.99. The number of amides is 1. The van der Waals surface area contributed by atoms with Crippen LogP contribution in [0.25, 0.3) is 11.1 Å². The standard InChI is InChI=1S/C27H29Cl2N3O2/c1-18(33)31-16-19-6-8-32(9-7-19)17-20-10-21(22-12-23(28)15-24(29)13-22)14-27(11-20)34-26-4-2-25(30)3-5-26/h2-5,10-15,19H,6-9,16-17,30H2,1H3,(H,31,33). The number of nitrogen functional groups attached to an aromatic ring is 1. The number of carbonyl (C=O) groups is 1. The summed E-state index contributed by atoms with van der Waals surface area (Å²) in [4.78, 5) is 13.7. The molecule has 0 aromatic heterocycles. The van der Waals surface area contributed by atoms with E-state index in [2.05, 4.69) is 22.3 Å². The number of anilines is 1. The molecule has 1 heterocycles. The van der Waals surface area contributed by atoms with Crippen molar-refractivity contribution < 1.29 is 9.53 Å². The lowest BCUT2D eigenvalue weighted by molar-refractivity contribution is -0.119. The van der Waals surface area contributed by atoms with Gasteiger partial charge in [-0.2, -0.15) is 0 Å². The lowest BCUT2D eigenvalue weighted by Gasteiger charge is -2.32. The Labute approximate surface area is 210 Å². The average molecular weight is 498 g/mol. The molecule has 0 unspecified atom stereocenters. The van der Waals surface area contributed by atoms with Gasteiger partial charge >= 0.3 is 0 Å². The van der Waals surface area contributed by atoms with Gasteiger partial charge < -0.3 is 15.8 Å². The maximum atomic E-state index is 11.2. The number of piperidine rings is 1. The first-order chi connectivity index (χ1) is 16.3. The fourth-order valence-corrected chi connectivity index (χ4v) is 4.79. The molecule has 0 bridgehead atoms. The Morgan fingerprint density at radius 1 is 0.971 bits per heavy atom. The molecule has 3 N–H and O–H groups in total. The summed E-state index contributed by atoms with van der Waals surface area (Å²) < 4.78 is 6.18. The lowest BCUT2D eigenvalue weighted by Crippen LogP contribution is -2.37. The SMILES string of the molecule is CC(=O)NCC1CCN(Cc2cc(Oc3ccc(N)cc3)cc(-c3cc(Cl)cc(Cl)c3)c2)CC1. The Bertz CT molecular complexity index is 1120. The molecule has 7 heteroatoms. The third kappa shape index (κ3) is 6.89. The third-order valence-electron chi connectivity index (χ3n) is 6.03. The van der Waals surface area contributed by atoms with Gasteiger partial charge in [-0.3, -0.25) is 9.69 Å². The van der Waals surface area contributed by atoms with Crippen LogP contribution in [0.5, 0.6) is 11.5 Å². The summed E-state index contributed by atoms with van der Waals surface area (Å²) in [5.41, 5.74) is 9.59. The quantitative estimate of drug-likeness (QED) is 0.371. The van der Waals surface area contributed by atoms with Crippen LogP contribution in [-0.4, -0.2) is 30.4 Å². The molecule has 1 aliphatic rings. The van der Waals surface area contributed by atoms with Crippen molar-refractivity contribution in [3.63, 3.8) is 0 Å². The molecular weight excluding hydrogens is 469 g/mol. The van der Waals surface area contributed by atoms with Crippen LogP contribution in [0, 0.1) is 5.92 Å². The number of nitrogens with zero attached hydrogens (tertiary/aromatic N) is 1. The highest BCUT2D eigenvalue weighted by Gasteiger charge is 2.20. The predicted octanol–water partition coefficient (Wildman–Crippen LogP) is 6.38. The van der Waals surface area contributed by atoms with Crippen molar-refractivity contribution in [2.75, 3.05) is 25.4 Å². The maximum absolute atomic E-state index is 11.2. The molecule has 1 fully saturated rings. The Morgan fingerprint density at radius 3 is 2.26 bits per heavy atom.